The molecule has 0 amide bonds. The Morgan fingerprint density at radius 2 is 2.17 bits per heavy atom. The minimum absolute atomic E-state index is 0.723. The Hall–Kier alpha value is -0.130. The number of rotatable bonds is 2. The summed E-state index contributed by atoms with van der Waals surface area (Å²) in [5.74, 6) is 1.60. The van der Waals surface area contributed by atoms with Crippen LogP contribution < -0.4 is 0 Å². The molecule has 66 valence electrons. The minimum atomic E-state index is 0.723. The number of hydrogen-bond acceptors (Lipinski definition) is 3. The molecule has 0 saturated heterocycles. The third kappa shape index (κ3) is 1.97. The SMILES string of the molecule is Ic1noc(CC2CCCC2)n1. The van der Waals surface area contributed by atoms with Crippen molar-refractivity contribution in [2.24, 2.45) is 5.92 Å². The largest absolute Gasteiger partial charge is 0.339 e. The van der Waals surface area contributed by atoms with Crippen molar-refractivity contribution in [1.29, 1.82) is 0 Å². The van der Waals surface area contributed by atoms with E-state index in [0.29, 0.717) is 0 Å². The smallest absolute Gasteiger partial charge is 0.232 e. The molecule has 1 aliphatic rings. The summed E-state index contributed by atoms with van der Waals surface area (Å²) in [7, 11) is 0. The van der Waals surface area contributed by atoms with Crippen LogP contribution in [0, 0.1) is 9.75 Å². The lowest BCUT2D eigenvalue weighted by molar-refractivity contribution is 0.350. The lowest BCUT2D eigenvalue weighted by Crippen LogP contribution is -1.98. The molecule has 4 heteroatoms. The van der Waals surface area contributed by atoms with Gasteiger partial charge in [0.25, 0.3) is 0 Å². The third-order valence-electron chi connectivity index (χ3n) is 2.38. The van der Waals surface area contributed by atoms with E-state index < -0.39 is 0 Å². The summed E-state index contributed by atoms with van der Waals surface area (Å²) in [6, 6.07) is 0. The maximum absolute atomic E-state index is 5.06. The van der Waals surface area contributed by atoms with Gasteiger partial charge in [-0.1, -0.05) is 18.0 Å². The second-order valence-electron chi connectivity index (χ2n) is 3.31. The van der Waals surface area contributed by atoms with Crippen LogP contribution in [-0.2, 0) is 6.42 Å². The molecule has 1 fully saturated rings. The molecule has 2 rings (SSSR count). The van der Waals surface area contributed by atoms with Crippen molar-refractivity contribution < 1.29 is 4.52 Å². The fourth-order valence-corrected chi connectivity index (χ4v) is 2.15. The highest BCUT2D eigenvalue weighted by Gasteiger charge is 2.18. The van der Waals surface area contributed by atoms with Gasteiger partial charge in [0, 0.05) is 29.0 Å². The lowest BCUT2D eigenvalue weighted by atomic mass is 10.0. The summed E-state index contributed by atoms with van der Waals surface area (Å²) in [5, 5.41) is 3.76. The summed E-state index contributed by atoms with van der Waals surface area (Å²) in [6.45, 7) is 0. The Morgan fingerprint density at radius 1 is 1.42 bits per heavy atom. The van der Waals surface area contributed by atoms with Crippen LogP contribution in [-0.4, -0.2) is 10.1 Å². The minimum Gasteiger partial charge on any atom is -0.339 e. The van der Waals surface area contributed by atoms with Crippen LogP contribution in [0.5, 0.6) is 0 Å². The quantitative estimate of drug-likeness (QED) is 0.780. The predicted molar refractivity (Wildman–Crippen MR) is 52.7 cm³/mol. The van der Waals surface area contributed by atoms with Crippen molar-refractivity contribution in [1.82, 2.24) is 10.1 Å². The molecule has 0 radical (unpaired) electrons. The first-order chi connectivity index (χ1) is 5.84. The Labute approximate surface area is 85.1 Å². The van der Waals surface area contributed by atoms with Gasteiger partial charge in [-0.05, 0) is 18.8 Å². The van der Waals surface area contributed by atoms with E-state index in [4.69, 9.17) is 4.52 Å². The number of nitrogens with zero attached hydrogens (tertiary/aromatic N) is 2. The van der Waals surface area contributed by atoms with Crippen LogP contribution in [0.15, 0.2) is 4.52 Å². The second-order valence-corrected chi connectivity index (χ2v) is 4.28. The molecular weight excluding hydrogens is 267 g/mol. The highest BCUT2D eigenvalue weighted by Crippen LogP contribution is 2.27. The van der Waals surface area contributed by atoms with Crippen LogP contribution >= 0.6 is 22.6 Å². The van der Waals surface area contributed by atoms with Crippen molar-refractivity contribution >= 4 is 22.6 Å². The first kappa shape index (κ1) is 8.47. The fourth-order valence-electron chi connectivity index (χ4n) is 1.78. The lowest BCUT2D eigenvalue weighted by Gasteiger charge is -2.02. The number of halogens is 1. The highest BCUT2D eigenvalue weighted by atomic mass is 127. The molecule has 0 spiro atoms. The van der Waals surface area contributed by atoms with Crippen LogP contribution in [0.4, 0.5) is 0 Å². The standard InChI is InChI=1S/C8H11IN2O/c9-8-10-7(12-11-8)5-6-3-1-2-4-6/h6H,1-5H2. The molecular formula is C8H11IN2O. The fraction of sp³-hybridized carbons (Fsp3) is 0.750. The third-order valence-corrected chi connectivity index (χ3v) is 2.82. The topological polar surface area (TPSA) is 38.9 Å². The molecule has 0 bridgehead atoms. The molecule has 0 aliphatic heterocycles. The van der Waals surface area contributed by atoms with Gasteiger partial charge in [0.15, 0.2) is 0 Å². The second kappa shape index (κ2) is 3.72. The van der Waals surface area contributed by atoms with Gasteiger partial charge in [-0.25, -0.2) is 0 Å². The molecule has 0 N–H and O–H groups in total. The highest BCUT2D eigenvalue weighted by molar-refractivity contribution is 14.1. The van der Waals surface area contributed by atoms with Gasteiger partial charge >= 0.3 is 0 Å². The van der Waals surface area contributed by atoms with Crippen molar-refractivity contribution in [3.05, 3.63) is 9.72 Å². The van der Waals surface area contributed by atoms with Crippen LogP contribution in [0.1, 0.15) is 31.6 Å². The molecule has 1 aliphatic carbocycles. The Bertz CT molecular complexity index is 255. The van der Waals surface area contributed by atoms with Gasteiger partial charge in [0.2, 0.25) is 9.72 Å². The van der Waals surface area contributed by atoms with Crippen LogP contribution in [0.2, 0.25) is 0 Å². The van der Waals surface area contributed by atoms with E-state index in [2.05, 4.69) is 32.7 Å². The van der Waals surface area contributed by atoms with Gasteiger partial charge in [-0.3, -0.25) is 0 Å². The van der Waals surface area contributed by atoms with Gasteiger partial charge in [-0.2, -0.15) is 4.98 Å². The summed E-state index contributed by atoms with van der Waals surface area (Å²) >= 11 is 2.07. The zero-order chi connectivity index (χ0) is 8.39. The van der Waals surface area contributed by atoms with Crippen LogP contribution in [0.25, 0.3) is 0 Å². The average molecular weight is 278 g/mol. The Morgan fingerprint density at radius 3 is 2.75 bits per heavy atom. The Balaban J connectivity index is 1.94. The summed E-state index contributed by atoms with van der Waals surface area (Å²) in [6.07, 6.45) is 6.39. The van der Waals surface area contributed by atoms with Gasteiger partial charge in [0.05, 0.1) is 0 Å². The first-order valence-corrected chi connectivity index (χ1v) is 5.40. The van der Waals surface area contributed by atoms with E-state index in [1.54, 1.807) is 0 Å². The summed E-state index contributed by atoms with van der Waals surface area (Å²) < 4.78 is 5.78. The van der Waals surface area contributed by atoms with Crippen molar-refractivity contribution in [3.63, 3.8) is 0 Å². The average Bonchev–Trinajstić information content (AvgIpc) is 2.63. The van der Waals surface area contributed by atoms with E-state index >= 15 is 0 Å². The van der Waals surface area contributed by atoms with E-state index in [9.17, 15) is 0 Å². The van der Waals surface area contributed by atoms with E-state index in [1.165, 1.54) is 25.7 Å². The number of aromatic nitrogens is 2. The van der Waals surface area contributed by atoms with Crippen LogP contribution in [0.3, 0.4) is 0 Å². The molecule has 3 nitrogen and oxygen atoms in total. The van der Waals surface area contributed by atoms with Gasteiger partial charge in [0.1, 0.15) is 0 Å². The normalized spacial score (nSPS) is 18.8. The maximum Gasteiger partial charge on any atom is 0.232 e. The first-order valence-electron chi connectivity index (χ1n) is 4.32. The van der Waals surface area contributed by atoms with Gasteiger partial charge < -0.3 is 4.52 Å². The Kier molecular flexibility index (Phi) is 2.63. The van der Waals surface area contributed by atoms with E-state index in [1.807, 2.05) is 0 Å². The van der Waals surface area contributed by atoms with Gasteiger partial charge in [-0.15, -0.1) is 0 Å². The van der Waals surface area contributed by atoms with Crippen molar-refractivity contribution in [3.8, 4) is 0 Å². The summed E-state index contributed by atoms with van der Waals surface area (Å²) in [4.78, 5) is 4.18. The maximum atomic E-state index is 5.06. The zero-order valence-electron chi connectivity index (χ0n) is 6.79. The summed E-state index contributed by atoms with van der Waals surface area (Å²) in [5.41, 5.74) is 0. The van der Waals surface area contributed by atoms with E-state index in [0.717, 1.165) is 22.1 Å². The zero-order valence-corrected chi connectivity index (χ0v) is 8.95. The predicted octanol–water partition coefficient (Wildman–Crippen LogP) is 2.41. The molecule has 12 heavy (non-hydrogen) atoms. The molecule has 0 aromatic carbocycles. The van der Waals surface area contributed by atoms with E-state index in [-0.39, 0.29) is 0 Å². The monoisotopic (exact) mass is 278 g/mol. The molecule has 1 aromatic rings. The molecule has 1 heterocycles. The molecule has 0 unspecified atom stereocenters. The van der Waals surface area contributed by atoms with Crippen molar-refractivity contribution in [2.45, 2.75) is 32.1 Å². The number of hydrogen-bond donors (Lipinski definition) is 0. The molecule has 0 atom stereocenters. The molecule has 1 aromatic heterocycles. The van der Waals surface area contributed by atoms with Crippen molar-refractivity contribution in [2.75, 3.05) is 0 Å². The molecule has 1 saturated carbocycles.